The number of aromatic nitrogens is 1. The third kappa shape index (κ3) is 2.03. The minimum absolute atomic E-state index is 1.08. The zero-order valence-corrected chi connectivity index (χ0v) is 9.17. The van der Waals surface area contributed by atoms with Crippen LogP contribution in [0.2, 0.25) is 0 Å². The summed E-state index contributed by atoms with van der Waals surface area (Å²) in [5.74, 6) is 0. The van der Waals surface area contributed by atoms with Crippen LogP contribution in [-0.2, 0) is 0 Å². The van der Waals surface area contributed by atoms with Crippen molar-refractivity contribution in [3.8, 4) is 0 Å². The van der Waals surface area contributed by atoms with Crippen LogP contribution in [0.4, 0.5) is 0 Å². The van der Waals surface area contributed by atoms with E-state index in [2.05, 4.69) is 56.2 Å². The van der Waals surface area contributed by atoms with Crippen LogP contribution in [-0.4, -0.2) is 4.98 Å². The molecule has 0 radical (unpaired) electrons. The number of pyridine rings is 1. The first-order valence-electron chi connectivity index (χ1n) is 2.48. The summed E-state index contributed by atoms with van der Waals surface area (Å²) in [5.41, 5.74) is 1.08. The second kappa shape index (κ2) is 3.14. The van der Waals surface area contributed by atoms with Crippen LogP contribution >= 0.6 is 45.2 Å². The van der Waals surface area contributed by atoms with Gasteiger partial charge in [0.1, 0.15) is 0 Å². The van der Waals surface area contributed by atoms with Crippen molar-refractivity contribution < 1.29 is 0 Å². The maximum absolute atomic E-state index is 4.13. The van der Waals surface area contributed by atoms with Gasteiger partial charge in [-0.15, -0.1) is 0 Å². The zero-order chi connectivity index (χ0) is 6.85. The Balaban J connectivity index is 3.17. The molecular formula is C6H5I2N. The second-order valence-corrected chi connectivity index (χ2v) is 4.06. The van der Waals surface area contributed by atoms with Gasteiger partial charge in [-0.25, -0.2) is 0 Å². The van der Waals surface area contributed by atoms with Crippen molar-refractivity contribution in [1.82, 2.24) is 4.98 Å². The molecule has 1 heterocycles. The molecule has 1 rings (SSSR count). The van der Waals surface area contributed by atoms with E-state index in [1.807, 2.05) is 13.1 Å². The van der Waals surface area contributed by atoms with Gasteiger partial charge in [0.2, 0.25) is 0 Å². The quantitative estimate of drug-likeness (QED) is 0.659. The summed E-state index contributed by atoms with van der Waals surface area (Å²) in [5, 5.41) is 0. The molecule has 0 aliphatic rings. The van der Waals surface area contributed by atoms with Gasteiger partial charge in [0.05, 0.1) is 0 Å². The van der Waals surface area contributed by atoms with Gasteiger partial charge < -0.3 is 0 Å². The van der Waals surface area contributed by atoms with E-state index >= 15 is 0 Å². The van der Waals surface area contributed by atoms with E-state index in [-0.39, 0.29) is 0 Å². The van der Waals surface area contributed by atoms with E-state index in [0.717, 1.165) is 5.69 Å². The van der Waals surface area contributed by atoms with Gasteiger partial charge in [-0.05, 0) is 58.2 Å². The molecule has 48 valence electrons. The lowest BCUT2D eigenvalue weighted by molar-refractivity contribution is 1.18. The van der Waals surface area contributed by atoms with Crippen LogP contribution in [0, 0.1) is 14.1 Å². The number of halogens is 2. The molecule has 1 aromatic rings. The molecule has 0 saturated heterocycles. The van der Waals surface area contributed by atoms with Crippen molar-refractivity contribution in [2.45, 2.75) is 6.92 Å². The zero-order valence-electron chi connectivity index (χ0n) is 4.86. The third-order valence-corrected chi connectivity index (χ3v) is 3.73. The Labute approximate surface area is 81.5 Å². The van der Waals surface area contributed by atoms with E-state index in [0.29, 0.717) is 0 Å². The number of rotatable bonds is 0. The van der Waals surface area contributed by atoms with Gasteiger partial charge in [0.25, 0.3) is 0 Å². The normalized spacial score (nSPS) is 9.67. The Morgan fingerprint density at radius 1 is 1.33 bits per heavy atom. The predicted molar refractivity (Wildman–Crippen MR) is 54.4 cm³/mol. The maximum atomic E-state index is 4.13. The van der Waals surface area contributed by atoms with Gasteiger partial charge in [-0.2, -0.15) is 0 Å². The molecule has 0 aliphatic heterocycles. The van der Waals surface area contributed by atoms with Gasteiger partial charge in [0.15, 0.2) is 0 Å². The summed E-state index contributed by atoms with van der Waals surface area (Å²) >= 11 is 4.57. The largest absolute Gasteiger partial charge is 0.260 e. The lowest BCUT2D eigenvalue weighted by Gasteiger charge is -1.94. The first-order chi connectivity index (χ1) is 4.20. The molecule has 0 unspecified atom stereocenters. The van der Waals surface area contributed by atoms with Gasteiger partial charge in [-0.3, -0.25) is 4.98 Å². The smallest absolute Gasteiger partial charge is 0.0447 e. The van der Waals surface area contributed by atoms with Gasteiger partial charge in [0, 0.05) is 19.0 Å². The highest BCUT2D eigenvalue weighted by Gasteiger charge is 1.93. The molecule has 0 fully saturated rings. The monoisotopic (exact) mass is 345 g/mol. The van der Waals surface area contributed by atoms with Crippen molar-refractivity contribution in [2.24, 2.45) is 0 Å². The standard InChI is InChI=1S/C6H5I2N/c1-4-2-5(7)6(8)3-9-4/h2-3H,1H3. The summed E-state index contributed by atoms with van der Waals surface area (Å²) in [6.07, 6.45) is 1.89. The van der Waals surface area contributed by atoms with Crippen molar-refractivity contribution in [3.63, 3.8) is 0 Å². The van der Waals surface area contributed by atoms with E-state index in [4.69, 9.17) is 0 Å². The maximum Gasteiger partial charge on any atom is 0.0447 e. The Morgan fingerprint density at radius 2 is 2.00 bits per heavy atom. The lowest BCUT2D eigenvalue weighted by Crippen LogP contribution is -1.84. The summed E-state index contributed by atoms with van der Waals surface area (Å²) in [6, 6.07) is 2.07. The molecule has 3 heteroatoms. The van der Waals surface area contributed by atoms with Crippen molar-refractivity contribution in [1.29, 1.82) is 0 Å². The second-order valence-electron chi connectivity index (χ2n) is 1.74. The molecule has 0 bridgehead atoms. The summed E-state index contributed by atoms with van der Waals surface area (Å²) in [7, 11) is 0. The minimum atomic E-state index is 1.08. The summed E-state index contributed by atoms with van der Waals surface area (Å²) in [6.45, 7) is 2.00. The van der Waals surface area contributed by atoms with Crippen molar-refractivity contribution in [2.75, 3.05) is 0 Å². The average molecular weight is 345 g/mol. The highest BCUT2D eigenvalue weighted by molar-refractivity contribution is 14.1. The van der Waals surface area contributed by atoms with Crippen LogP contribution in [0.1, 0.15) is 5.69 Å². The molecule has 0 aliphatic carbocycles. The highest BCUT2D eigenvalue weighted by Crippen LogP contribution is 2.13. The van der Waals surface area contributed by atoms with Gasteiger partial charge >= 0.3 is 0 Å². The molecule has 0 spiro atoms. The minimum Gasteiger partial charge on any atom is -0.260 e. The fourth-order valence-electron chi connectivity index (χ4n) is 0.510. The van der Waals surface area contributed by atoms with Crippen LogP contribution in [0.5, 0.6) is 0 Å². The van der Waals surface area contributed by atoms with E-state index in [1.165, 1.54) is 7.14 Å². The Hall–Kier alpha value is 0.610. The third-order valence-electron chi connectivity index (χ3n) is 0.945. The van der Waals surface area contributed by atoms with Crippen molar-refractivity contribution in [3.05, 3.63) is 25.1 Å². The summed E-state index contributed by atoms with van der Waals surface area (Å²) < 4.78 is 2.50. The topological polar surface area (TPSA) is 12.9 Å². The van der Waals surface area contributed by atoms with Crippen LogP contribution < -0.4 is 0 Å². The lowest BCUT2D eigenvalue weighted by atomic mass is 10.4. The fourth-order valence-corrected chi connectivity index (χ4v) is 1.39. The number of hydrogen-bond acceptors (Lipinski definition) is 1. The first-order valence-corrected chi connectivity index (χ1v) is 4.63. The van der Waals surface area contributed by atoms with Crippen molar-refractivity contribution >= 4 is 45.2 Å². The molecule has 0 N–H and O–H groups in total. The number of aryl methyl sites for hydroxylation is 1. The summed E-state index contributed by atoms with van der Waals surface area (Å²) in [4.78, 5) is 4.13. The van der Waals surface area contributed by atoms with Gasteiger partial charge in [-0.1, -0.05) is 0 Å². The highest BCUT2D eigenvalue weighted by atomic mass is 127. The molecule has 1 aromatic heterocycles. The molecule has 9 heavy (non-hydrogen) atoms. The Kier molecular flexibility index (Phi) is 2.69. The molecule has 0 saturated carbocycles. The Morgan fingerprint density at radius 3 is 2.44 bits per heavy atom. The molecule has 0 amide bonds. The molecule has 1 nitrogen and oxygen atoms in total. The van der Waals surface area contributed by atoms with Crippen LogP contribution in [0.15, 0.2) is 12.3 Å². The molecule has 0 aromatic carbocycles. The SMILES string of the molecule is Cc1cc(I)c(I)cn1. The van der Waals surface area contributed by atoms with E-state index in [1.54, 1.807) is 0 Å². The van der Waals surface area contributed by atoms with E-state index in [9.17, 15) is 0 Å². The predicted octanol–water partition coefficient (Wildman–Crippen LogP) is 2.60. The fraction of sp³-hybridized carbons (Fsp3) is 0.167. The Bertz CT molecular complexity index is 222. The average Bonchev–Trinajstić information content (AvgIpc) is 1.80. The molecular weight excluding hydrogens is 340 g/mol. The van der Waals surface area contributed by atoms with E-state index < -0.39 is 0 Å². The molecule has 0 atom stereocenters. The number of hydrogen-bond donors (Lipinski definition) is 0. The van der Waals surface area contributed by atoms with Crippen LogP contribution in [0.3, 0.4) is 0 Å². The first kappa shape index (κ1) is 7.71. The van der Waals surface area contributed by atoms with Crippen LogP contribution in [0.25, 0.3) is 0 Å². The number of nitrogens with zero attached hydrogens (tertiary/aromatic N) is 1.